The lowest BCUT2D eigenvalue weighted by molar-refractivity contribution is 0.244. The highest BCUT2D eigenvalue weighted by Crippen LogP contribution is 2.28. The van der Waals surface area contributed by atoms with Gasteiger partial charge in [-0.3, -0.25) is 4.90 Å². The highest BCUT2D eigenvalue weighted by Gasteiger charge is 2.36. The summed E-state index contributed by atoms with van der Waals surface area (Å²) in [5.41, 5.74) is 1.45. The molecular weight excluding hydrogens is 184 g/mol. The first kappa shape index (κ1) is 9.37. The summed E-state index contributed by atoms with van der Waals surface area (Å²) in [5.74, 6) is 0.911. The molecule has 0 unspecified atom stereocenters. The van der Waals surface area contributed by atoms with E-state index >= 15 is 0 Å². The first-order chi connectivity index (χ1) is 7.43. The van der Waals surface area contributed by atoms with E-state index < -0.39 is 0 Å². The number of benzene rings is 1. The summed E-state index contributed by atoms with van der Waals surface area (Å²) in [6, 6.07) is 11.6. The predicted molar refractivity (Wildman–Crippen MR) is 61.6 cm³/mol. The number of rotatable bonds is 2. The molecule has 1 aromatic carbocycles. The van der Waals surface area contributed by atoms with Gasteiger partial charge >= 0.3 is 0 Å². The van der Waals surface area contributed by atoms with Crippen LogP contribution in [0.2, 0.25) is 0 Å². The third-order valence-electron chi connectivity index (χ3n) is 3.79. The van der Waals surface area contributed by atoms with Gasteiger partial charge in [-0.05, 0) is 31.0 Å². The van der Waals surface area contributed by atoms with E-state index in [4.69, 9.17) is 0 Å². The lowest BCUT2D eigenvalue weighted by Gasteiger charge is -2.22. The van der Waals surface area contributed by atoms with Crippen LogP contribution in [0.25, 0.3) is 0 Å². The second-order valence-corrected chi connectivity index (χ2v) is 4.73. The van der Waals surface area contributed by atoms with E-state index in [1.54, 1.807) is 0 Å². The molecule has 0 spiro atoms. The minimum absolute atomic E-state index is 0.796. The van der Waals surface area contributed by atoms with Crippen LogP contribution >= 0.6 is 0 Å². The van der Waals surface area contributed by atoms with Gasteiger partial charge in [0.05, 0.1) is 0 Å². The summed E-state index contributed by atoms with van der Waals surface area (Å²) in [6.07, 6.45) is 1.38. The zero-order chi connectivity index (χ0) is 10.1. The van der Waals surface area contributed by atoms with Gasteiger partial charge in [-0.25, -0.2) is 0 Å². The lowest BCUT2D eigenvalue weighted by Crippen LogP contribution is -2.33. The lowest BCUT2D eigenvalue weighted by atomic mass is 10.1. The second kappa shape index (κ2) is 3.95. The number of nitrogens with zero attached hydrogens (tertiary/aromatic N) is 1. The molecule has 2 heteroatoms. The zero-order valence-corrected chi connectivity index (χ0v) is 9.02. The van der Waals surface area contributed by atoms with Crippen molar-refractivity contribution in [1.82, 2.24) is 10.2 Å². The maximum atomic E-state index is 3.50. The van der Waals surface area contributed by atoms with Crippen LogP contribution in [-0.2, 0) is 6.54 Å². The van der Waals surface area contributed by atoms with Crippen LogP contribution in [0.15, 0.2) is 30.3 Å². The molecule has 1 aromatic rings. The molecule has 2 aliphatic rings. The van der Waals surface area contributed by atoms with E-state index in [2.05, 4.69) is 40.5 Å². The Balaban J connectivity index is 1.69. The SMILES string of the molecule is c1ccc(CN2CC[C@@H]3CNC[C@@H]32)cc1. The molecule has 0 aliphatic carbocycles. The molecule has 2 heterocycles. The van der Waals surface area contributed by atoms with Gasteiger partial charge in [0.15, 0.2) is 0 Å². The molecular formula is C13H18N2. The Hall–Kier alpha value is -0.860. The molecule has 0 radical (unpaired) electrons. The molecule has 2 aliphatic heterocycles. The molecule has 2 fully saturated rings. The minimum Gasteiger partial charge on any atom is -0.315 e. The topological polar surface area (TPSA) is 15.3 Å². The van der Waals surface area contributed by atoms with Gasteiger partial charge in [-0.1, -0.05) is 30.3 Å². The summed E-state index contributed by atoms with van der Waals surface area (Å²) >= 11 is 0. The Bertz CT molecular complexity index is 323. The molecule has 0 saturated carbocycles. The van der Waals surface area contributed by atoms with Crippen molar-refractivity contribution in [3.63, 3.8) is 0 Å². The summed E-state index contributed by atoms with van der Waals surface area (Å²) in [4.78, 5) is 2.64. The summed E-state index contributed by atoms with van der Waals surface area (Å²) < 4.78 is 0. The van der Waals surface area contributed by atoms with E-state index in [9.17, 15) is 0 Å². The van der Waals surface area contributed by atoms with E-state index in [1.807, 2.05) is 0 Å². The van der Waals surface area contributed by atoms with Crippen LogP contribution in [0.1, 0.15) is 12.0 Å². The van der Waals surface area contributed by atoms with Crippen LogP contribution in [-0.4, -0.2) is 30.6 Å². The van der Waals surface area contributed by atoms with E-state index in [-0.39, 0.29) is 0 Å². The van der Waals surface area contributed by atoms with Crippen molar-refractivity contribution in [2.45, 2.75) is 19.0 Å². The van der Waals surface area contributed by atoms with Crippen molar-refractivity contribution in [3.8, 4) is 0 Å². The fraction of sp³-hybridized carbons (Fsp3) is 0.538. The van der Waals surface area contributed by atoms with E-state index in [0.717, 1.165) is 18.5 Å². The monoisotopic (exact) mass is 202 g/mol. The van der Waals surface area contributed by atoms with Gasteiger partial charge in [0.1, 0.15) is 0 Å². The van der Waals surface area contributed by atoms with Crippen molar-refractivity contribution in [2.24, 2.45) is 5.92 Å². The first-order valence-corrected chi connectivity index (χ1v) is 5.92. The third-order valence-corrected chi connectivity index (χ3v) is 3.79. The van der Waals surface area contributed by atoms with E-state index in [0.29, 0.717) is 0 Å². The fourth-order valence-corrected chi connectivity index (χ4v) is 2.95. The highest BCUT2D eigenvalue weighted by atomic mass is 15.2. The Morgan fingerprint density at radius 3 is 2.93 bits per heavy atom. The first-order valence-electron chi connectivity index (χ1n) is 5.92. The Labute approximate surface area is 91.3 Å². The maximum absolute atomic E-state index is 3.50. The Morgan fingerprint density at radius 1 is 1.20 bits per heavy atom. The van der Waals surface area contributed by atoms with Gasteiger partial charge in [0.25, 0.3) is 0 Å². The minimum atomic E-state index is 0.796. The van der Waals surface area contributed by atoms with Gasteiger partial charge in [-0.15, -0.1) is 0 Å². The van der Waals surface area contributed by atoms with Gasteiger partial charge < -0.3 is 5.32 Å². The van der Waals surface area contributed by atoms with Crippen LogP contribution < -0.4 is 5.32 Å². The maximum Gasteiger partial charge on any atom is 0.0264 e. The molecule has 0 amide bonds. The number of likely N-dealkylation sites (tertiary alicyclic amines) is 1. The van der Waals surface area contributed by atoms with Gasteiger partial charge in [0.2, 0.25) is 0 Å². The molecule has 1 N–H and O–H groups in total. The molecule has 0 bridgehead atoms. The van der Waals surface area contributed by atoms with Crippen LogP contribution in [0.5, 0.6) is 0 Å². The van der Waals surface area contributed by atoms with Gasteiger partial charge in [0, 0.05) is 19.1 Å². The van der Waals surface area contributed by atoms with Crippen LogP contribution in [0.4, 0.5) is 0 Å². The largest absolute Gasteiger partial charge is 0.315 e. The number of fused-ring (bicyclic) bond motifs is 1. The number of hydrogen-bond acceptors (Lipinski definition) is 2. The molecule has 80 valence electrons. The van der Waals surface area contributed by atoms with Crippen LogP contribution in [0, 0.1) is 5.92 Å². The fourth-order valence-electron chi connectivity index (χ4n) is 2.95. The van der Waals surface area contributed by atoms with Crippen LogP contribution in [0.3, 0.4) is 0 Å². The predicted octanol–water partition coefficient (Wildman–Crippen LogP) is 1.48. The molecule has 15 heavy (non-hydrogen) atoms. The van der Waals surface area contributed by atoms with Crippen molar-refractivity contribution in [2.75, 3.05) is 19.6 Å². The smallest absolute Gasteiger partial charge is 0.0264 e. The molecule has 2 atom stereocenters. The third kappa shape index (κ3) is 1.80. The number of hydrogen-bond donors (Lipinski definition) is 1. The average Bonchev–Trinajstić information content (AvgIpc) is 2.85. The quantitative estimate of drug-likeness (QED) is 0.781. The molecule has 0 aromatic heterocycles. The van der Waals surface area contributed by atoms with Crippen molar-refractivity contribution in [1.29, 1.82) is 0 Å². The Morgan fingerprint density at radius 2 is 2.07 bits per heavy atom. The summed E-state index contributed by atoms with van der Waals surface area (Å²) in [7, 11) is 0. The second-order valence-electron chi connectivity index (χ2n) is 4.73. The average molecular weight is 202 g/mol. The van der Waals surface area contributed by atoms with Crippen molar-refractivity contribution in [3.05, 3.63) is 35.9 Å². The number of nitrogens with one attached hydrogen (secondary N) is 1. The zero-order valence-electron chi connectivity index (χ0n) is 9.02. The van der Waals surface area contributed by atoms with Crippen molar-refractivity contribution >= 4 is 0 Å². The summed E-state index contributed by atoms with van der Waals surface area (Å²) in [5, 5.41) is 3.50. The van der Waals surface area contributed by atoms with Gasteiger partial charge in [-0.2, -0.15) is 0 Å². The molecule has 2 saturated heterocycles. The highest BCUT2D eigenvalue weighted by molar-refractivity contribution is 5.15. The molecule has 3 rings (SSSR count). The normalized spacial score (nSPS) is 30.7. The molecule has 2 nitrogen and oxygen atoms in total. The standard InChI is InChI=1S/C13H18N2/c1-2-4-11(5-3-1)10-15-7-6-12-8-14-9-13(12)15/h1-5,12-14H,6-10H2/t12-,13+/m1/s1. The van der Waals surface area contributed by atoms with E-state index in [1.165, 1.54) is 31.6 Å². The van der Waals surface area contributed by atoms with Crippen molar-refractivity contribution < 1.29 is 0 Å². The Kier molecular flexibility index (Phi) is 2.47. The summed E-state index contributed by atoms with van der Waals surface area (Å²) in [6.45, 7) is 4.84.